The van der Waals surface area contributed by atoms with E-state index in [1.165, 1.54) is 5.56 Å². The predicted octanol–water partition coefficient (Wildman–Crippen LogP) is 2.34. The highest BCUT2D eigenvalue weighted by Gasteiger charge is 2.09. The van der Waals surface area contributed by atoms with Crippen LogP contribution >= 0.6 is 0 Å². The van der Waals surface area contributed by atoms with Gasteiger partial charge in [0.2, 0.25) is 0 Å². The summed E-state index contributed by atoms with van der Waals surface area (Å²) in [6, 6.07) is 10.2. The average Bonchev–Trinajstić information content (AvgIpc) is 2.76. The maximum absolute atomic E-state index is 4.19. The molecule has 2 aromatic heterocycles. The highest BCUT2D eigenvalue weighted by Crippen LogP contribution is 2.19. The molecule has 0 aliphatic carbocycles. The number of hydrogen-bond acceptors (Lipinski definition) is 2. The molecule has 80 valence electrons. The molecule has 4 heteroatoms. The summed E-state index contributed by atoms with van der Waals surface area (Å²) < 4.78 is 1.91. The highest BCUT2D eigenvalue weighted by atomic mass is 15.4. The smallest absolute Gasteiger partial charge is 0.183 e. The molecular weight excluding hydrogens is 200 g/mol. The van der Waals surface area contributed by atoms with Gasteiger partial charge in [0.25, 0.3) is 0 Å². The zero-order valence-electron chi connectivity index (χ0n) is 9.23. The number of fused-ring (bicyclic) bond motifs is 1. The van der Waals surface area contributed by atoms with Crippen molar-refractivity contribution in [2.24, 2.45) is 0 Å². The molecule has 0 aliphatic heterocycles. The molecule has 2 heterocycles. The van der Waals surface area contributed by atoms with E-state index in [9.17, 15) is 0 Å². The van der Waals surface area contributed by atoms with Crippen LogP contribution in [-0.2, 0) is 0 Å². The number of nitrogens with one attached hydrogen (secondary N) is 1. The second-order valence-electron chi connectivity index (χ2n) is 4.03. The Kier molecular flexibility index (Phi) is 1.83. The minimum absolute atomic E-state index is 0.854. The van der Waals surface area contributed by atoms with Crippen LogP contribution in [0.25, 0.3) is 17.0 Å². The zero-order valence-corrected chi connectivity index (χ0v) is 9.23. The first kappa shape index (κ1) is 9.15. The van der Waals surface area contributed by atoms with Crippen molar-refractivity contribution in [1.29, 1.82) is 0 Å². The Morgan fingerprint density at radius 3 is 2.81 bits per heavy atom. The first-order chi connectivity index (χ1) is 7.74. The summed E-state index contributed by atoms with van der Waals surface area (Å²) in [5.74, 6) is 0.854. The number of benzene rings is 1. The molecule has 0 bridgehead atoms. The van der Waals surface area contributed by atoms with E-state index >= 15 is 0 Å². The van der Waals surface area contributed by atoms with Crippen molar-refractivity contribution < 1.29 is 0 Å². The fraction of sp³-hybridized carbons (Fsp3) is 0.167. The van der Waals surface area contributed by atoms with E-state index in [0.717, 1.165) is 22.7 Å². The second-order valence-corrected chi connectivity index (χ2v) is 4.03. The Hall–Kier alpha value is -2.10. The van der Waals surface area contributed by atoms with Crippen LogP contribution in [0.2, 0.25) is 0 Å². The predicted molar refractivity (Wildman–Crippen MR) is 62.2 cm³/mol. The summed E-state index contributed by atoms with van der Waals surface area (Å²) in [6.07, 6.45) is 0. The van der Waals surface area contributed by atoms with Gasteiger partial charge in [0.15, 0.2) is 11.5 Å². The molecule has 0 aliphatic rings. The average molecular weight is 212 g/mol. The van der Waals surface area contributed by atoms with Crippen LogP contribution in [0.1, 0.15) is 11.3 Å². The third-order valence-corrected chi connectivity index (χ3v) is 2.60. The fourth-order valence-electron chi connectivity index (χ4n) is 1.87. The van der Waals surface area contributed by atoms with Crippen molar-refractivity contribution >= 4 is 5.65 Å². The van der Waals surface area contributed by atoms with E-state index < -0.39 is 0 Å². The van der Waals surface area contributed by atoms with Crippen LogP contribution in [-0.4, -0.2) is 19.8 Å². The van der Waals surface area contributed by atoms with E-state index in [4.69, 9.17) is 0 Å². The number of aromatic amines is 1. The largest absolute Gasteiger partial charge is 0.295 e. The van der Waals surface area contributed by atoms with Crippen molar-refractivity contribution in [2.45, 2.75) is 13.8 Å². The first-order valence-electron chi connectivity index (χ1n) is 5.22. The summed E-state index contributed by atoms with van der Waals surface area (Å²) >= 11 is 0. The maximum Gasteiger partial charge on any atom is 0.183 e. The fourth-order valence-corrected chi connectivity index (χ4v) is 1.87. The summed E-state index contributed by atoms with van der Waals surface area (Å²) in [6.45, 7) is 4.08. The molecule has 0 fully saturated rings. The lowest BCUT2D eigenvalue weighted by Gasteiger charge is -1.99. The van der Waals surface area contributed by atoms with Crippen molar-refractivity contribution in [3.05, 3.63) is 41.6 Å². The van der Waals surface area contributed by atoms with Gasteiger partial charge in [-0.25, -0.2) is 4.52 Å². The Morgan fingerprint density at radius 2 is 2.00 bits per heavy atom. The summed E-state index contributed by atoms with van der Waals surface area (Å²) in [5, 5.41) is 11.5. The van der Waals surface area contributed by atoms with Gasteiger partial charge in [0.1, 0.15) is 0 Å². The Morgan fingerprint density at radius 1 is 1.12 bits per heavy atom. The van der Waals surface area contributed by atoms with Gasteiger partial charge in [-0.15, -0.1) is 10.2 Å². The molecule has 0 amide bonds. The van der Waals surface area contributed by atoms with Crippen molar-refractivity contribution in [3.63, 3.8) is 0 Å². The minimum Gasteiger partial charge on any atom is -0.295 e. The number of H-pyrrole nitrogens is 1. The van der Waals surface area contributed by atoms with Crippen molar-refractivity contribution in [1.82, 2.24) is 19.8 Å². The van der Waals surface area contributed by atoms with Gasteiger partial charge in [0.05, 0.1) is 0 Å². The molecule has 1 N–H and O–H groups in total. The van der Waals surface area contributed by atoms with Crippen LogP contribution in [0.4, 0.5) is 0 Å². The van der Waals surface area contributed by atoms with Gasteiger partial charge >= 0.3 is 0 Å². The molecule has 0 atom stereocenters. The van der Waals surface area contributed by atoms with Gasteiger partial charge in [0, 0.05) is 17.3 Å². The normalized spacial score (nSPS) is 11.1. The molecule has 1 aromatic carbocycles. The van der Waals surface area contributed by atoms with Crippen LogP contribution in [0, 0.1) is 13.8 Å². The molecular formula is C12H12N4. The molecule has 0 radical (unpaired) electrons. The van der Waals surface area contributed by atoms with Crippen LogP contribution in [0.3, 0.4) is 0 Å². The van der Waals surface area contributed by atoms with Gasteiger partial charge in [-0.05, 0) is 19.9 Å². The lowest BCUT2D eigenvalue weighted by atomic mass is 10.1. The quantitative estimate of drug-likeness (QED) is 0.673. The van der Waals surface area contributed by atoms with Gasteiger partial charge < -0.3 is 0 Å². The van der Waals surface area contributed by atoms with E-state index in [1.54, 1.807) is 0 Å². The topological polar surface area (TPSA) is 46.0 Å². The number of nitrogens with zero attached hydrogens (tertiary/aromatic N) is 3. The molecule has 16 heavy (non-hydrogen) atoms. The van der Waals surface area contributed by atoms with Gasteiger partial charge in [-0.3, -0.25) is 5.10 Å². The summed E-state index contributed by atoms with van der Waals surface area (Å²) in [4.78, 5) is 0. The van der Waals surface area contributed by atoms with E-state index in [2.05, 4.69) is 34.4 Å². The lowest BCUT2D eigenvalue weighted by Crippen LogP contribution is -1.90. The summed E-state index contributed by atoms with van der Waals surface area (Å²) in [7, 11) is 0. The lowest BCUT2D eigenvalue weighted by molar-refractivity contribution is 0.938. The van der Waals surface area contributed by atoms with E-state index in [1.807, 2.05) is 29.6 Å². The minimum atomic E-state index is 0.854. The first-order valence-corrected chi connectivity index (χ1v) is 5.22. The second kappa shape index (κ2) is 3.20. The third-order valence-electron chi connectivity index (χ3n) is 2.60. The molecule has 3 rings (SSSR count). The zero-order chi connectivity index (χ0) is 11.1. The molecule has 3 aromatic rings. The SMILES string of the molecule is Cc1cccc(-c2nnc3cc(C)[nH]n23)c1. The Bertz CT molecular complexity index is 648. The van der Waals surface area contributed by atoms with E-state index in [0.29, 0.717) is 0 Å². The third kappa shape index (κ3) is 1.31. The molecule has 0 saturated heterocycles. The van der Waals surface area contributed by atoms with Crippen molar-refractivity contribution in [3.8, 4) is 11.4 Å². The standard InChI is InChI=1S/C12H12N4/c1-8-4-3-5-10(6-8)12-14-13-11-7-9(2)15-16(11)12/h3-7,15H,1-2H3. The Labute approximate surface area is 92.9 Å². The number of aryl methyl sites for hydroxylation is 2. The van der Waals surface area contributed by atoms with E-state index in [-0.39, 0.29) is 0 Å². The number of rotatable bonds is 1. The van der Waals surface area contributed by atoms with Crippen LogP contribution in [0.15, 0.2) is 30.3 Å². The monoisotopic (exact) mass is 212 g/mol. The summed E-state index contributed by atoms with van der Waals surface area (Å²) in [5.41, 5.74) is 4.24. The molecule has 0 saturated carbocycles. The molecule has 4 nitrogen and oxygen atoms in total. The van der Waals surface area contributed by atoms with Crippen LogP contribution in [0.5, 0.6) is 0 Å². The number of aromatic nitrogens is 4. The van der Waals surface area contributed by atoms with Gasteiger partial charge in [-0.2, -0.15) is 0 Å². The van der Waals surface area contributed by atoms with Crippen molar-refractivity contribution in [2.75, 3.05) is 0 Å². The Balaban J connectivity index is 2.25. The van der Waals surface area contributed by atoms with Crippen LogP contribution < -0.4 is 0 Å². The number of hydrogen-bond donors (Lipinski definition) is 1. The maximum atomic E-state index is 4.19. The van der Waals surface area contributed by atoms with Gasteiger partial charge in [-0.1, -0.05) is 23.8 Å². The molecule has 0 spiro atoms. The highest BCUT2D eigenvalue weighted by molar-refractivity contribution is 5.59. The molecule has 0 unspecified atom stereocenters.